The summed E-state index contributed by atoms with van der Waals surface area (Å²) in [6.45, 7) is 6.24. The summed E-state index contributed by atoms with van der Waals surface area (Å²) in [7, 11) is 0. The Morgan fingerprint density at radius 3 is 1.91 bits per heavy atom. The molecule has 0 saturated heterocycles. The Hall–Kier alpha value is -2.65. The molecule has 0 fully saturated rings. The smallest absolute Gasteiger partial charge is 0.428 e. The van der Waals surface area contributed by atoms with Crippen LogP contribution >= 0.6 is 11.9 Å². The van der Waals surface area contributed by atoms with Gasteiger partial charge in [0.25, 0.3) is 0 Å². The molecule has 3 rings (SSSR count). The number of hydrogen-bond acceptors (Lipinski definition) is 3. The van der Waals surface area contributed by atoms with Crippen molar-refractivity contribution in [3.8, 4) is 5.75 Å². The molecular weight excluding hydrogens is 488 g/mol. The lowest BCUT2D eigenvalue weighted by molar-refractivity contribution is -0.253. The van der Waals surface area contributed by atoms with Crippen molar-refractivity contribution >= 4 is 11.9 Å². The van der Waals surface area contributed by atoms with Crippen LogP contribution in [0.2, 0.25) is 0 Å². The number of ether oxygens (including phenoxy) is 1. The third-order valence-electron chi connectivity index (χ3n) is 4.71. The Morgan fingerprint density at radius 1 is 0.829 bits per heavy atom. The van der Waals surface area contributed by atoms with Crippen LogP contribution in [-0.2, 0) is 6.42 Å². The molecule has 0 heterocycles. The van der Waals surface area contributed by atoms with Gasteiger partial charge in [-0.3, -0.25) is 5.14 Å². The maximum Gasteiger partial charge on any atom is 0.461 e. The minimum Gasteiger partial charge on any atom is -0.428 e. The van der Waals surface area contributed by atoms with Gasteiger partial charge >= 0.3 is 12.5 Å². The summed E-state index contributed by atoms with van der Waals surface area (Å²) in [6, 6.07) is 17.4. The van der Waals surface area contributed by atoms with Crippen molar-refractivity contribution in [1.82, 2.24) is 0 Å². The van der Waals surface area contributed by atoms with E-state index >= 15 is 0 Å². The lowest BCUT2D eigenvalue weighted by atomic mass is 9.86. The Labute approximate surface area is 205 Å². The molecule has 0 saturated carbocycles. The summed E-state index contributed by atoms with van der Waals surface area (Å²) in [5.41, 5.74) is 1.71. The van der Waals surface area contributed by atoms with E-state index in [2.05, 4.69) is 25.5 Å². The average molecular weight is 516 g/mol. The van der Waals surface area contributed by atoms with Crippen molar-refractivity contribution in [3.05, 3.63) is 101 Å². The second-order valence-electron chi connectivity index (χ2n) is 8.71. The highest BCUT2D eigenvalue weighted by atomic mass is 32.2. The normalized spacial score (nSPS) is 12.7. The molecule has 0 unspecified atom stereocenters. The zero-order valence-electron chi connectivity index (χ0n) is 19.5. The van der Waals surface area contributed by atoms with Gasteiger partial charge in [-0.1, -0.05) is 54.4 Å². The molecule has 0 radical (unpaired) electrons. The first-order valence-corrected chi connectivity index (χ1v) is 11.5. The summed E-state index contributed by atoms with van der Waals surface area (Å²) in [4.78, 5) is 0. The van der Waals surface area contributed by atoms with Crippen LogP contribution in [-0.4, -0.2) is 17.3 Å². The van der Waals surface area contributed by atoms with Gasteiger partial charge in [-0.2, -0.15) is 17.6 Å². The average Bonchev–Trinajstić information content (AvgIpc) is 2.78. The van der Waals surface area contributed by atoms with Crippen LogP contribution in [0.15, 0.2) is 72.8 Å². The van der Waals surface area contributed by atoms with Gasteiger partial charge < -0.3 is 4.74 Å². The highest BCUT2D eigenvalue weighted by Crippen LogP contribution is 2.34. The molecule has 0 bridgehead atoms. The molecule has 1 atom stereocenters. The molecule has 2 N–H and O–H groups in total. The van der Waals surface area contributed by atoms with Gasteiger partial charge in [-0.05, 0) is 68.1 Å². The zero-order valence-corrected chi connectivity index (χ0v) is 20.3. The van der Waals surface area contributed by atoms with Crippen LogP contribution in [0.5, 0.6) is 5.75 Å². The van der Waals surface area contributed by atoms with Crippen molar-refractivity contribution in [2.75, 3.05) is 0 Å². The molecule has 3 aromatic carbocycles. The summed E-state index contributed by atoms with van der Waals surface area (Å²) < 4.78 is 83.2. The van der Waals surface area contributed by atoms with E-state index in [1.54, 1.807) is 12.1 Å². The van der Waals surface area contributed by atoms with Crippen LogP contribution in [0.4, 0.5) is 26.3 Å². The number of alkyl halides is 4. The van der Waals surface area contributed by atoms with Gasteiger partial charge in [0.05, 0.1) is 0 Å². The van der Waals surface area contributed by atoms with Gasteiger partial charge in [0.2, 0.25) is 0 Å². The lowest BCUT2D eigenvalue weighted by Crippen LogP contribution is -2.33. The molecule has 0 aliphatic heterocycles. The predicted molar refractivity (Wildman–Crippen MR) is 128 cm³/mol. The standard InChI is InChI=1S/C22H16F6O.C4H11NS/c23-17-8-6-15(7-9-17)20(10-14-4-2-1-3-5-14)16-11-18(24)13-19(12-16)29-22(27,28)21(25)26;1-4(2,3)6-5/h1-9,11-13,20-21H,10H2;5H2,1-3H3/t20-;/m1./s1. The van der Waals surface area contributed by atoms with Crippen LogP contribution in [0, 0.1) is 11.6 Å². The first kappa shape index (κ1) is 28.6. The minimum atomic E-state index is -4.75. The topological polar surface area (TPSA) is 35.2 Å². The van der Waals surface area contributed by atoms with E-state index in [0.29, 0.717) is 18.1 Å². The molecule has 2 nitrogen and oxygen atoms in total. The summed E-state index contributed by atoms with van der Waals surface area (Å²) >= 11 is 1.38. The van der Waals surface area contributed by atoms with Crippen molar-refractivity contribution in [3.63, 3.8) is 0 Å². The fraction of sp³-hybridized carbons (Fsp3) is 0.308. The molecule has 0 aliphatic rings. The zero-order chi connectivity index (χ0) is 26.2. The van der Waals surface area contributed by atoms with E-state index in [-0.39, 0.29) is 10.3 Å². The van der Waals surface area contributed by atoms with E-state index in [4.69, 9.17) is 5.14 Å². The molecule has 3 aromatic rings. The lowest BCUT2D eigenvalue weighted by Gasteiger charge is -2.21. The highest BCUT2D eigenvalue weighted by molar-refractivity contribution is 7.98. The molecule has 190 valence electrons. The van der Waals surface area contributed by atoms with Crippen molar-refractivity contribution < 1.29 is 31.1 Å². The SMILES string of the molecule is CC(C)(C)SN.Fc1ccc([C@@H](Cc2ccccc2)c2cc(F)cc(OC(F)(F)C(F)F)c2)cc1. The molecule has 0 spiro atoms. The molecule has 0 aromatic heterocycles. The van der Waals surface area contributed by atoms with Crippen LogP contribution in [0.25, 0.3) is 0 Å². The second-order valence-corrected chi connectivity index (χ2v) is 10.2. The van der Waals surface area contributed by atoms with Gasteiger partial charge in [0, 0.05) is 16.7 Å². The number of benzene rings is 3. The van der Waals surface area contributed by atoms with Gasteiger partial charge in [0.15, 0.2) is 0 Å². The first-order chi connectivity index (χ1) is 16.3. The minimum absolute atomic E-state index is 0.236. The van der Waals surface area contributed by atoms with E-state index in [1.807, 2.05) is 18.2 Å². The maximum atomic E-state index is 14.1. The first-order valence-electron chi connectivity index (χ1n) is 10.6. The van der Waals surface area contributed by atoms with Gasteiger partial charge in [-0.15, -0.1) is 0 Å². The highest BCUT2D eigenvalue weighted by Gasteiger charge is 2.44. The number of hydrogen-bond donors (Lipinski definition) is 1. The van der Waals surface area contributed by atoms with E-state index in [9.17, 15) is 26.3 Å². The largest absolute Gasteiger partial charge is 0.461 e. The third kappa shape index (κ3) is 9.49. The van der Waals surface area contributed by atoms with E-state index in [1.165, 1.54) is 36.2 Å². The quantitative estimate of drug-likeness (QED) is 0.256. The maximum absolute atomic E-state index is 14.1. The number of rotatable bonds is 7. The van der Waals surface area contributed by atoms with E-state index < -0.39 is 35.8 Å². The van der Waals surface area contributed by atoms with Gasteiger partial charge in [-0.25, -0.2) is 8.78 Å². The summed E-state index contributed by atoms with van der Waals surface area (Å²) in [5.74, 6) is -2.64. The number of halogens is 6. The Bertz CT molecular complexity index is 1060. The van der Waals surface area contributed by atoms with Crippen molar-refractivity contribution in [2.45, 2.75) is 50.4 Å². The fourth-order valence-electron chi connectivity index (χ4n) is 3.02. The predicted octanol–water partition coefficient (Wildman–Crippen LogP) is 7.97. The molecular formula is C26H27F6NOS. The molecule has 0 amide bonds. The molecule has 35 heavy (non-hydrogen) atoms. The summed E-state index contributed by atoms with van der Waals surface area (Å²) in [6.07, 6.45) is -8.47. The monoisotopic (exact) mass is 515 g/mol. The Morgan fingerprint density at radius 2 is 1.40 bits per heavy atom. The van der Waals surface area contributed by atoms with Gasteiger partial charge in [0.1, 0.15) is 17.4 Å². The van der Waals surface area contributed by atoms with Crippen LogP contribution < -0.4 is 9.88 Å². The second kappa shape index (κ2) is 12.4. The van der Waals surface area contributed by atoms with E-state index in [0.717, 1.165) is 17.7 Å². The van der Waals surface area contributed by atoms with Crippen LogP contribution in [0.1, 0.15) is 43.4 Å². The summed E-state index contributed by atoms with van der Waals surface area (Å²) in [5, 5.41) is 5.22. The fourth-order valence-corrected chi connectivity index (χ4v) is 3.02. The Kier molecular flexibility index (Phi) is 10.1. The molecule has 0 aliphatic carbocycles. The third-order valence-corrected chi connectivity index (χ3v) is 5.42. The number of nitrogens with two attached hydrogens (primary N) is 1. The van der Waals surface area contributed by atoms with Crippen molar-refractivity contribution in [2.24, 2.45) is 5.14 Å². The van der Waals surface area contributed by atoms with Crippen molar-refractivity contribution in [1.29, 1.82) is 0 Å². The molecule has 9 heteroatoms. The van der Waals surface area contributed by atoms with Crippen LogP contribution in [0.3, 0.4) is 0 Å². The Balaban J connectivity index is 0.000000641.